The van der Waals surface area contributed by atoms with Crippen LogP contribution in [-0.2, 0) is 14.3 Å². The molecule has 17 heavy (non-hydrogen) atoms. The smallest absolute Gasteiger partial charge is 0.408 e. The maximum Gasteiger partial charge on any atom is 0.408 e. The predicted octanol–water partition coefficient (Wildman–Crippen LogP) is 1.63. The maximum absolute atomic E-state index is 11.8. The first-order valence-electron chi connectivity index (χ1n) is 5.74. The molecule has 0 heterocycles. The zero-order valence-electron chi connectivity index (χ0n) is 10.5. The number of ether oxygens (including phenoxy) is 2. The standard InChI is InChI=1S/C12H19NO4/c1-5-9-7-12(9,10(14)16-6-2)13-11(15)17-8(3)4/h5,8-9H,1,6-7H2,2-4H3,(H,13,15)/t9-,12-/m1/s1. The van der Waals surface area contributed by atoms with Gasteiger partial charge >= 0.3 is 12.1 Å². The van der Waals surface area contributed by atoms with Gasteiger partial charge in [0.15, 0.2) is 0 Å². The van der Waals surface area contributed by atoms with Gasteiger partial charge < -0.3 is 14.8 Å². The highest BCUT2D eigenvalue weighted by atomic mass is 16.6. The molecule has 0 aliphatic heterocycles. The SMILES string of the molecule is C=C[C@@H]1C[C@]1(NC(=O)OC(C)C)C(=O)OCC. The van der Waals surface area contributed by atoms with Crippen LogP contribution in [0.15, 0.2) is 12.7 Å². The highest BCUT2D eigenvalue weighted by molar-refractivity contribution is 5.90. The Morgan fingerprint density at radius 3 is 2.65 bits per heavy atom. The molecule has 1 rings (SSSR count). The van der Waals surface area contributed by atoms with Crippen LogP contribution in [0.25, 0.3) is 0 Å². The molecule has 0 aromatic rings. The van der Waals surface area contributed by atoms with Gasteiger partial charge in [0.1, 0.15) is 5.54 Å². The first-order chi connectivity index (χ1) is 7.96. The predicted molar refractivity (Wildman–Crippen MR) is 62.4 cm³/mol. The Hall–Kier alpha value is -1.52. The molecule has 0 radical (unpaired) electrons. The highest BCUT2D eigenvalue weighted by Gasteiger charge is 2.61. The summed E-state index contributed by atoms with van der Waals surface area (Å²) in [5.41, 5.74) is -0.969. The minimum absolute atomic E-state index is 0.0822. The summed E-state index contributed by atoms with van der Waals surface area (Å²) in [6.45, 7) is 9.13. The van der Waals surface area contributed by atoms with Gasteiger partial charge in [-0.05, 0) is 27.2 Å². The van der Waals surface area contributed by atoms with Gasteiger partial charge in [-0.3, -0.25) is 0 Å². The fraction of sp³-hybridized carbons (Fsp3) is 0.667. The number of nitrogens with one attached hydrogen (secondary N) is 1. The van der Waals surface area contributed by atoms with Gasteiger partial charge in [0, 0.05) is 5.92 Å². The van der Waals surface area contributed by atoms with Gasteiger partial charge in [0.05, 0.1) is 12.7 Å². The highest BCUT2D eigenvalue weighted by Crippen LogP contribution is 2.45. The zero-order chi connectivity index (χ0) is 13.1. The number of hydrogen-bond donors (Lipinski definition) is 1. The van der Waals surface area contributed by atoms with Crippen LogP contribution < -0.4 is 5.32 Å². The van der Waals surface area contributed by atoms with Crippen molar-refractivity contribution < 1.29 is 19.1 Å². The molecule has 1 N–H and O–H groups in total. The van der Waals surface area contributed by atoms with Gasteiger partial charge in [-0.15, -0.1) is 6.58 Å². The van der Waals surface area contributed by atoms with Crippen molar-refractivity contribution in [2.24, 2.45) is 5.92 Å². The van der Waals surface area contributed by atoms with Crippen LogP contribution in [0.5, 0.6) is 0 Å². The number of esters is 1. The van der Waals surface area contributed by atoms with Crippen LogP contribution in [0.3, 0.4) is 0 Å². The van der Waals surface area contributed by atoms with Crippen molar-refractivity contribution in [2.75, 3.05) is 6.61 Å². The van der Waals surface area contributed by atoms with E-state index in [1.165, 1.54) is 0 Å². The number of carbonyl (C=O) groups is 2. The second-order valence-electron chi connectivity index (χ2n) is 4.32. The number of alkyl carbamates (subject to hydrolysis) is 1. The van der Waals surface area contributed by atoms with Crippen molar-refractivity contribution in [2.45, 2.75) is 38.8 Å². The first kappa shape index (κ1) is 13.5. The molecule has 5 nitrogen and oxygen atoms in total. The monoisotopic (exact) mass is 241 g/mol. The van der Waals surface area contributed by atoms with Crippen LogP contribution >= 0.6 is 0 Å². The summed E-state index contributed by atoms with van der Waals surface area (Å²) in [5.74, 6) is -0.508. The molecule has 0 unspecified atom stereocenters. The Morgan fingerprint density at radius 2 is 2.24 bits per heavy atom. The van der Waals surface area contributed by atoms with Crippen LogP contribution in [0, 0.1) is 5.92 Å². The van der Waals surface area contributed by atoms with Crippen molar-refractivity contribution >= 4 is 12.1 Å². The lowest BCUT2D eigenvalue weighted by Gasteiger charge is -2.18. The molecule has 0 aromatic carbocycles. The number of amides is 1. The van der Waals surface area contributed by atoms with E-state index in [2.05, 4.69) is 11.9 Å². The fourth-order valence-corrected chi connectivity index (χ4v) is 1.69. The Labute approximate surface area is 101 Å². The zero-order valence-corrected chi connectivity index (χ0v) is 10.5. The van der Waals surface area contributed by atoms with E-state index in [-0.39, 0.29) is 18.6 Å². The van der Waals surface area contributed by atoms with Gasteiger partial charge in [-0.1, -0.05) is 6.08 Å². The molecule has 0 aromatic heterocycles. The third-order valence-corrected chi connectivity index (χ3v) is 2.61. The second kappa shape index (κ2) is 5.21. The van der Waals surface area contributed by atoms with E-state index in [1.807, 2.05) is 0 Å². The van der Waals surface area contributed by atoms with Crippen LogP contribution in [0.1, 0.15) is 27.2 Å². The minimum Gasteiger partial charge on any atom is -0.464 e. The van der Waals surface area contributed by atoms with E-state index in [4.69, 9.17) is 9.47 Å². The molecule has 0 spiro atoms. The minimum atomic E-state index is -0.969. The average molecular weight is 241 g/mol. The van der Waals surface area contributed by atoms with Crippen molar-refractivity contribution in [3.8, 4) is 0 Å². The van der Waals surface area contributed by atoms with Gasteiger partial charge in [-0.25, -0.2) is 9.59 Å². The Kier molecular flexibility index (Phi) is 4.15. The van der Waals surface area contributed by atoms with Gasteiger partial charge in [0.2, 0.25) is 0 Å². The number of hydrogen-bond acceptors (Lipinski definition) is 4. The van der Waals surface area contributed by atoms with Gasteiger partial charge in [0.25, 0.3) is 0 Å². The molecule has 96 valence electrons. The molecule has 5 heteroatoms. The molecule has 1 aliphatic carbocycles. The summed E-state index contributed by atoms with van der Waals surface area (Å²) < 4.78 is 9.91. The lowest BCUT2D eigenvalue weighted by atomic mass is 10.2. The maximum atomic E-state index is 11.8. The second-order valence-corrected chi connectivity index (χ2v) is 4.32. The third-order valence-electron chi connectivity index (χ3n) is 2.61. The van der Waals surface area contributed by atoms with E-state index in [1.54, 1.807) is 26.8 Å². The lowest BCUT2D eigenvalue weighted by molar-refractivity contribution is -0.147. The summed E-state index contributed by atoms with van der Waals surface area (Å²) in [6, 6.07) is 0. The van der Waals surface area contributed by atoms with Crippen molar-refractivity contribution in [1.29, 1.82) is 0 Å². The van der Waals surface area contributed by atoms with E-state index in [0.717, 1.165) is 0 Å². The average Bonchev–Trinajstić information content (AvgIpc) is 2.91. The Bertz CT molecular complexity index is 326. The summed E-state index contributed by atoms with van der Waals surface area (Å²) in [5, 5.41) is 2.58. The van der Waals surface area contributed by atoms with E-state index >= 15 is 0 Å². The normalized spacial score (nSPS) is 26.2. The molecule has 1 saturated carbocycles. The van der Waals surface area contributed by atoms with Crippen LogP contribution in [0.2, 0.25) is 0 Å². The topological polar surface area (TPSA) is 64.6 Å². The Morgan fingerprint density at radius 1 is 1.59 bits per heavy atom. The number of carbonyl (C=O) groups excluding carboxylic acids is 2. The summed E-state index contributed by atoms with van der Waals surface area (Å²) in [6.07, 6.45) is 1.34. The first-order valence-corrected chi connectivity index (χ1v) is 5.74. The number of rotatable bonds is 5. The summed E-state index contributed by atoms with van der Waals surface area (Å²) in [4.78, 5) is 23.3. The summed E-state index contributed by atoms with van der Waals surface area (Å²) >= 11 is 0. The molecule has 1 aliphatic rings. The molecular weight excluding hydrogens is 222 g/mol. The van der Waals surface area contributed by atoms with Crippen molar-refractivity contribution in [3.05, 3.63) is 12.7 Å². The van der Waals surface area contributed by atoms with Crippen molar-refractivity contribution in [1.82, 2.24) is 5.32 Å². The molecule has 0 bridgehead atoms. The molecule has 2 atom stereocenters. The van der Waals surface area contributed by atoms with E-state index in [0.29, 0.717) is 6.42 Å². The van der Waals surface area contributed by atoms with Crippen LogP contribution in [0.4, 0.5) is 4.79 Å². The molecular formula is C12H19NO4. The van der Waals surface area contributed by atoms with Crippen molar-refractivity contribution in [3.63, 3.8) is 0 Å². The third kappa shape index (κ3) is 2.99. The van der Waals surface area contributed by atoms with E-state index < -0.39 is 17.6 Å². The lowest BCUT2D eigenvalue weighted by Crippen LogP contribution is -2.46. The summed E-state index contributed by atoms with van der Waals surface area (Å²) in [7, 11) is 0. The quantitative estimate of drug-likeness (QED) is 0.587. The van der Waals surface area contributed by atoms with E-state index in [9.17, 15) is 9.59 Å². The largest absolute Gasteiger partial charge is 0.464 e. The molecule has 1 fully saturated rings. The molecule has 1 amide bonds. The van der Waals surface area contributed by atoms with Crippen LogP contribution in [-0.4, -0.2) is 30.3 Å². The fourth-order valence-electron chi connectivity index (χ4n) is 1.69. The molecule has 0 saturated heterocycles. The van der Waals surface area contributed by atoms with Gasteiger partial charge in [-0.2, -0.15) is 0 Å². The Balaban J connectivity index is 2.65.